The molecule has 0 bridgehead atoms. The number of phenolic OH excluding ortho intramolecular Hbond substituents is 1. The second-order valence-corrected chi connectivity index (χ2v) is 8.35. The summed E-state index contributed by atoms with van der Waals surface area (Å²) in [6.45, 7) is 3.42. The van der Waals surface area contributed by atoms with Crippen LogP contribution in [0.15, 0.2) is 36.4 Å². The molecule has 1 aliphatic carbocycles. The van der Waals surface area contributed by atoms with Gasteiger partial charge >= 0.3 is 0 Å². The number of phenols is 1. The number of piperazine rings is 1. The molecule has 2 aromatic carbocycles. The molecule has 1 heterocycles. The second-order valence-electron chi connectivity index (χ2n) is 7.19. The number of fused-ring (bicyclic) bond motifs is 1. The Morgan fingerprint density at radius 2 is 1.81 bits per heavy atom. The van der Waals surface area contributed by atoms with E-state index in [0.717, 1.165) is 44.7 Å². The number of nitrogens with two attached hydrogens (primary N) is 1. The van der Waals surface area contributed by atoms with Crippen LogP contribution in [0.3, 0.4) is 0 Å². The van der Waals surface area contributed by atoms with Gasteiger partial charge in [-0.15, -0.1) is 0 Å². The number of nitrogens with zero attached hydrogens (tertiary/aromatic N) is 2. The van der Waals surface area contributed by atoms with Crippen molar-refractivity contribution in [3.05, 3.63) is 51.1 Å². The summed E-state index contributed by atoms with van der Waals surface area (Å²) < 4.78 is 1.29. The van der Waals surface area contributed by atoms with E-state index in [2.05, 4.69) is 50.6 Å². The van der Waals surface area contributed by atoms with Gasteiger partial charge in [0.2, 0.25) is 0 Å². The maximum Gasteiger partial charge on any atom is 0.140 e. The molecule has 2 atom stereocenters. The summed E-state index contributed by atoms with van der Waals surface area (Å²) in [4.78, 5) is 4.60. The van der Waals surface area contributed by atoms with Crippen LogP contribution >= 0.6 is 22.6 Å². The number of hydrogen-bond acceptors (Lipinski definition) is 5. The van der Waals surface area contributed by atoms with Gasteiger partial charge in [0.25, 0.3) is 0 Å². The summed E-state index contributed by atoms with van der Waals surface area (Å²) in [5.41, 5.74) is 9.81. The van der Waals surface area contributed by atoms with Gasteiger partial charge in [-0.2, -0.15) is 0 Å². The van der Waals surface area contributed by atoms with Crippen LogP contribution in [0.1, 0.15) is 11.1 Å². The first kappa shape index (κ1) is 17.9. The van der Waals surface area contributed by atoms with Crippen LogP contribution in [0, 0.1) is 3.57 Å². The molecule has 138 valence electrons. The van der Waals surface area contributed by atoms with E-state index < -0.39 is 0 Å². The normalized spacial score (nSPS) is 23.7. The molecule has 1 saturated heterocycles. The summed E-state index contributed by atoms with van der Waals surface area (Å²) in [5.74, 6) is 0.236. The van der Waals surface area contributed by atoms with Gasteiger partial charge in [0.1, 0.15) is 5.75 Å². The highest BCUT2D eigenvalue weighted by atomic mass is 127. The molecule has 1 aliphatic heterocycles. The number of anilines is 2. The zero-order chi connectivity index (χ0) is 18.3. The quantitative estimate of drug-likeness (QED) is 0.469. The third-order valence-corrected chi connectivity index (χ3v) is 6.64. The minimum atomic E-state index is -0.322. The zero-order valence-corrected chi connectivity index (χ0v) is 16.8. The summed E-state index contributed by atoms with van der Waals surface area (Å²) in [6, 6.07) is 11.8. The number of aliphatic hydroxyl groups excluding tert-OH is 1. The SMILES string of the molecule is Nc1ccc(N2CCN(C3Cc4c(I)cccc4CC3O)CC2)c(O)c1. The minimum absolute atomic E-state index is 0.167. The Morgan fingerprint density at radius 3 is 2.54 bits per heavy atom. The monoisotopic (exact) mass is 465 g/mol. The Hall–Kier alpha value is -1.51. The van der Waals surface area contributed by atoms with Crippen LogP contribution < -0.4 is 10.6 Å². The van der Waals surface area contributed by atoms with Crippen molar-refractivity contribution in [2.45, 2.75) is 25.0 Å². The fourth-order valence-corrected chi connectivity index (χ4v) is 4.98. The van der Waals surface area contributed by atoms with Gasteiger partial charge in [0.05, 0.1) is 11.8 Å². The van der Waals surface area contributed by atoms with E-state index in [-0.39, 0.29) is 17.9 Å². The number of benzene rings is 2. The molecule has 2 unspecified atom stereocenters. The molecular formula is C20H24IN3O2. The number of rotatable bonds is 2. The molecule has 1 fully saturated rings. The van der Waals surface area contributed by atoms with E-state index in [1.807, 2.05) is 12.1 Å². The zero-order valence-electron chi connectivity index (χ0n) is 14.6. The third-order valence-electron chi connectivity index (χ3n) is 5.63. The van der Waals surface area contributed by atoms with E-state index in [4.69, 9.17) is 5.73 Å². The van der Waals surface area contributed by atoms with Crippen molar-refractivity contribution in [1.29, 1.82) is 0 Å². The first-order valence-corrected chi connectivity index (χ1v) is 10.1. The third kappa shape index (κ3) is 3.37. The maximum absolute atomic E-state index is 10.7. The van der Waals surface area contributed by atoms with Crippen molar-refractivity contribution < 1.29 is 10.2 Å². The average molecular weight is 465 g/mol. The maximum atomic E-state index is 10.7. The average Bonchev–Trinajstić information content (AvgIpc) is 2.62. The van der Waals surface area contributed by atoms with E-state index in [1.165, 1.54) is 14.7 Å². The topological polar surface area (TPSA) is 73.0 Å². The molecule has 0 saturated carbocycles. The van der Waals surface area contributed by atoms with Gasteiger partial charge in [0.15, 0.2) is 0 Å². The number of nitrogen functional groups attached to an aromatic ring is 1. The Labute approximate surface area is 167 Å². The lowest BCUT2D eigenvalue weighted by atomic mass is 9.85. The Kier molecular flexibility index (Phi) is 4.98. The molecule has 2 aromatic rings. The van der Waals surface area contributed by atoms with Gasteiger partial charge in [-0.1, -0.05) is 12.1 Å². The van der Waals surface area contributed by atoms with Crippen LogP contribution in [0.25, 0.3) is 0 Å². The Bertz CT molecular complexity index is 806. The van der Waals surface area contributed by atoms with Gasteiger partial charge in [0, 0.05) is 54.0 Å². The molecule has 2 aliphatic rings. The fraction of sp³-hybridized carbons (Fsp3) is 0.400. The lowest BCUT2D eigenvalue weighted by Gasteiger charge is -2.44. The molecule has 0 aromatic heterocycles. The van der Waals surface area contributed by atoms with Gasteiger partial charge in [-0.25, -0.2) is 0 Å². The van der Waals surface area contributed by atoms with Crippen LogP contribution in [0.2, 0.25) is 0 Å². The van der Waals surface area contributed by atoms with Crippen LogP contribution in [-0.4, -0.2) is 53.4 Å². The van der Waals surface area contributed by atoms with Crippen molar-refractivity contribution in [2.24, 2.45) is 0 Å². The van der Waals surface area contributed by atoms with Crippen molar-refractivity contribution >= 4 is 34.0 Å². The Morgan fingerprint density at radius 1 is 1.04 bits per heavy atom. The summed E-state index contributed by atoms with van der Waals surface area (Å²) in [5, 5.41) is 20.9. The van der Waals surface area contributed by atoms with Gasteiger partial charge in [-0.3, -0.25) is 4.90 Å². The molecule has 0 amide bonds. The number of aromatic hydroxyl groups is 1. The van der Waals surface area contributed by atoms with Crippen LogP contribution in [-0.2, 0) is 12.8 Å². The molecule has 6 heteroatoms. The lowest BCUT2D eigenvalue weighted by Crippen LogP contribution is -2.56. The molecule has 26 heavy (non-hydrogen) atoms. The minimum Gasteiger partial charge on any atom is -0.506 e. The Balaban J connectivity index is 1.46. The molecule has 5 nitrogen and oxygen atoms in total. The van der Waals surface area contributed by atoms with E-state index in [1.54, 1.807) is 6.07 Å². The van der Waals surface area contributed by atoms with E-state index in [0.29, 0.717) is 5.69 Å². The summed E-state index contributed by atoms with van der Waals surface area (Å²) in [6.07, 6.45) is 1.32. The fourth-order valence-electron chi connectivity index (χ4n) is 4.20. The largest absolute Gasteiger partial charge is 0.506 e. The highest BCUT2D eigenvalue weighted by molar-refractivity contribution is 14.1. The van der Waals surface area contributed by atoms with Crippen molar-refractivity contribution in [3.8, 4) is 5.75 Å². The molecule has 4 rings (SSSR count). The second kappa shape index (κ2) is 7.25. The molecule has 0 spiro atoms. The summed E-state index contributed by atoms with van der Waals surface area (Å²) >= 11 is 2.40. The standard InChI is InChI=1S/C20H24IN3O2/c21-16-3-1-2-13-10-19(25)18(12-15(13)16)24-8-6-23(7-9-24)17-5-4-14(22)11-20(17)26/h1-5,11,18-19,25-26H,6-10,12,22H2. The highest BCUT2D eigenvalue weighted by Gasteiger charge is 2.34. The van der Waals surface area contributed by atoms with Gasteiger partial charge in [-0.05, 0) is 58.3 Å². The predicted octanol–water partition coefficient (Wildman–Crippen LogP) is 2.23. The number of aliphatic hydroxyl groups is 1. The first-order valence-electron chi connectivity index (χ1n) is 9.05. The molecule has 0 radical (unpaired) electrons. The summed E-state index contributed by atoms with van der Waals surface area (Å²) in [7, 11) is 0. The molecular weight excluding hydrogens is 441 g/mol. The van der Waals surface area contributed by atoms with Crippen molar-refractivity contribution in [3.63, 3.8) is 0 Å². The predicted molar refractivity (Wildman–Crippen MR) is 113 cm³/mol. The van der Waals surface area contributed by atoms with Crippen LogP contribution in [0.5, 0.6) is 5.75 Å². The smallest absolute Gasteiger partial charge is 0.140 e. The van der Waals surface area contributed by atoms with Crippen molar-refractivity contribution in [1.82, 2.24) is 4.90 Å². The van der Waals surface area contributed by atoms with E-state index in [9.17, 15) is 10.2 Å². The number of halogens is 1. The van der Waals surface area contributed by atoms with E-state index >= 15 is 0 Å². The van der Waals surface area contributed by atoms with Crippen molar-refractivity contribution in [2.75, 3.05) is 36.8 Å². The molecule has 4 N–H and O–H groups in total. The van der Waals surface area contributed by atoms with Crippen LogP contribution in [0.4, 0.5) is 11.4 Å². The highest BCUT2D eigenvalue weighted by Crippen LogP contribution is 2.32. The van der Waals surface area contributed by atoms with Gasteiger partial charge < -0.3 is 20.8 Å². The lowest BCUT2D eigenvalue weighted by molar-refractivity contribution is 0.0393. The number of hydrogen-bond donors (Lipinski definition) is 3. The first-order chi connectivity index (χ1) is 12.5.